The Bertz CT molecular complexity index is 1050. The second kappa shape index (κ2) is 12.0. The zero-order chi connectivity index (χ0) is 23.8. The summed E-state index contributed by atoms with van der Waals surface area (Å²) in [5.41, 5.74) is 3.75. The zero-order valence-electron chi connectivity index (χ0n) is 19.7. The number of aromatic nitrogens is 2. The summed E-state index contributed by atoms with van der Waals surface area (Å²) in [6.07, 6.45) is 4.77. The van der Waals surface area contributed by atoms with Gasteiger partial charge in [0.25, 0.3) is 0 Å². The van der Waals surface area contributed by atoms with Gasteiger partial charge in [-0.1, -0.05) is 25.1 Å². The van der Waals surface area contributed by atoms with Crippen LogP contribution in [0.3, 0.4) is 0 Å². The Hall–Kier alpha value is -2.90. The van der Waals surface area contributed by atoms with E-state index >= 15 is 0 Å². The maximum Gasteiger partial charge on any atom is 0.223 e. The highest BCUT2D eigenvalue weighted by atomic mass is 19.1. The molecule has 0 amide bonds. The van der Waals surface area contributed by atoms with Gasteiger partial charge in [0.2, 0.25) is 5.95 Å². The standard InChI is InChI=1S/C27H33F2N5/c1-2-34(19-22-6-4-10-30-17-22)18-21-5-3-7-23(13-21)26-9-12-32-27(33-26)31-11-8-20-14-24(28)16-25(29)15-20/h3,5,7,9,12-16,22,30H,2,4,6,8,10-11,17-19H2,1H3,(H,31,32,33). The first kappa shape index (κ1) is 24.2. The number of nitrogens with one attached hydrogen (secondary N) is 2. The second-order valence-electron chi connectivity index (χ2n) is 8.96. The molecule has 180 valence electrons. The van der Waals surface area contributed by atoms with Crippen molar-refractivity contribution in [3.8, 4) is 11.3 Å². The largest absolute Gasteiger partial charge is 0.354 e. The molecular weight excluding hydrogens is 432 g/mol. The third kappa shape index (κ3) is 7.05. The molecule has 5 nitrogen and oxygen atoms in total. The summed E-state index contributed by atoms with van der Waals surface area (Å²) in [6, 6.07) is 14.0. The Morgan fingerprint density at radius 2 is 1.94 bits per heavy atom. The van der Waals surface area contributed by atoms with E-state index in [-0.39, 0.29) is 0 Å². The fourth-order valence-electron chi connectivity index (χ4n) is 4.52. The van der Waals surface area contributed by atoms with Crippen molar-refractivity contribution in [2.75, 3.05) is 38.0 Å². The molecule has 7 heteroatoms. The van der Waals surface area contributed by atoms with Crippen LogP contribution in [0, 0.1) is 17.6 Å². The maximum absolute atomic E-state index is 13.4. The molecule has 0 spiro atoms. The Morgan fingerprint density at radius 1 is 1.09 bits per heavy atom. The van der Waals surface area contributed by atoms with E-state index in [0.29, 0.717) is 24.5 Å². The molecule has 1 saturated heterocycles. The molecule has 1 aliphatic rings. The fourth-order valence-corrected chi connectivity index (χ4v) is 4.52. The van der Waals surface area contributed by atoms with E-state index in [1.54, 1.807) is 6.20 Å². The van der Waals surface area contributed by atoms with E-state index in [9.17, 15) is 8.78 Å². The second-order valence-corrected chi connectivity index (χ2v) is 8.96. The third-order valence-corrected chi connectivity index (χ3v) is 6.27. The van der Waals surface area contributed by atoms with Crippen LogP contribution >= 0.6 is 0 Å². The number of hydrogen-bond donors (Lipinski definition) is 2. The lowest BCUT2D eigenvalue weighted by atomic mass is 9.98. The molecule has 1 unspecified atom stereocenters. The van der Waals surface area contributed by atoms with Gasteiger partial charge in [0.05, 0.1) is 5.69 Å². The van der Waals surface area contributed by atoms with Crippen molar-refractivity contribution >= 4 is 5.95 Å². The van der Waals surface area contributed by atoms with Crippen LogP contribution in [0.4, 0.5) is 14.7 Å². The first-order valence-corrected chi connectivity index (χ1v) is 12.1. The van der Waals surface area contributed by atoms with E-state index in [4.69, 9.17) is 0 Å². The minimum atomic E-state index is -0.565. The topological polar surface area (TPSA) is 53.1 Å². The molecule has 0 radical (unpaired) electrons. The van der Waals surface area contributed by atoms with Crippen molar-refractivity contribution in [2.45, 2.75) is 32.7 Å². The van der Waals surface area contributed by atoms with Crippen molar-refractivity contribution in [1.82, 2.24) is 20.2 Å². The number of halogens is 2. The molecule has 4 rings (SSSR count). The van der Waals surface area contributed by atoms with Crippen LogP contribution in [-0.4, -0.2) is 47.6 Å². The van der Waals surface area contributed by atoms with Crippen molar-refractivity contribution < 1.29 is 8.78 Å². The molecule has 0 saturated carbocycles. The highest BCUT2D eigenvalue weighted by molar-refractivity contribution is 5.60. The van der Waals surface area contributed by atoms with Crippen molar-refractivity contribution in [3.05, 3.63) is 77.5 Å². The average molecular weight is 466 g/mol. The summed E-state index contributed by atoms with van der Waals surface area (Å²) in [6.45, 7) is 8.02. The van der Waals surface area contributed by atoms with Gasteiger partial charge in [0.15, 0.2) is 0 Å². The lowest BCUT2D eigenvalue weighted by Gasteiger charge is -2.29. The van der Waals surface area contributed by atoms with Crippen LogP contribution in [0.25, 0.3) is 11.3 Å². The molecule has 0 aliphatic carbocycles. The van der Waals surface area contributed by atoms with Crippen LogP contribution in [0.15, 0.2) is 54.7 Å². The molecule has 0 bridgehead atoms. The number of piperidine rings is 1. The molecular formula is C27H33F2N5. The van der Waals surface area contributed by atoms with Gasteiger partial charge in [-0.25, -0.2) is 18.7 Å². The SMILES string of the molecule is CCN(Cc1cccc(-c2ccnc(NCCc3cc(F)cc(F)c3)n2)c1)CC1CCCNC1. The number of benzene rings is 2. The monoisotopic (exact) mass is 465 g/mol. The highest BCUT2D eigenvalue weighted by Crippen LogP contribution is 2.21. The van der Waals surface area contributed by atoms with E-state index < -0.39 is 11.6 Å². The Balaban J connectivity index is 1.37. The predicted molar refractivity (Wildman–Crippen MR) is 133 cm³/mol. The normalized spacial score (nSPS) is 16.1. The van der Waals surface area contributed by atoms with Gasteiger partial charge >= 0.3 is 0 Å². The smallest absolute Gasteiger partial charge is 0.223 e. The Kier molecular flexibility index (Phi) is 8.55. The first-order valence-electron chi connectivity index (χ1n) is 12.1. The number of nitrogens with zero attached hydrogens (tertiary/aromatic N) is 3. The van der Waals surface area contributed by atoms with E-state index in [2.05, 4.69) is 56.7 Å². The van der Waals surface area contributed by atoms with E-state index in [1.165, 1.54) is 30.5 Å². The van der Waals surface area contributed by atoms with Gasteiger partial charge in [-0.2, -0.15) is 0 Å². The number of rotatable bonds is 10. The molecule has 34 heavy (non-hydrogen) atoms. The van der Waals surface area contributed by atoms with Gasteiger partial charge in [0, 0.05) is 37.5 Å². The molecule has 1 aliphatic heterocycles. The molecule has 3 aromatic rings. The predicted octanol–water partition coefficient (Wildman–Crippen LogP) is 4.90. The summed E-state index contributed by atoms with van der Waals surface area (Å²) in [5, 5.41) is 6.67. The van der Waals surface area contributed by atoms with E-state index in [1.807, 2.05) is 6.07 Å². The van der Waals surface area contributed by atoms with Crippen molar-refractivity contribution in [2.24, 2.45) is 5.92 Å². The van der Waals surface area contributed by atoms with Crippen molar-refractivity contribution in [3.63, 3.8) is 0 Å². The Morgan fingerprint density at radius 3 is 2.71 bits per heavy atom. The molecule has 1 aromatic heterocycles. The van der Waals surface area contributed by atoms with Crippen LogP contribution in [0.5, 0.6) is 0 Å². The van der Waals surface area contributed by atoms with Crippen molar-refractivity contribution in [1.29, 1.82) is 0 Å². The van der Waals surface area contributed by atoms with Crippen LogP contribution < -0.4 is 10.6 Å². The van der Waals surface area contributed by atoms with Gasteiger partial charge < -0.3 is 10.6 Å². The van der Waals surface area contributed by atoms with Gasteiger partial charge in [-0.3, -0.25) is 4.90 Å². The number of hydrogen-bond acceptors (Lipinski definition) is 5. The van der Waals surface area contributed by atoms with Gasteiger partial charge in [-0.05, 0) is 80.2 Å². The Labute approximate surface area is 200 Å². The van der Waals surface area contributed by atoms with Crippen LogP contribution in [-0.2, 0) is 13.0 Å². The molecule has 2 aromatic carbocycles. The highest BCUT2D eigenvalue weighted by Gasteiger charge is 2.16. The summed E-state index contributed by atoms with van der Waals surface area (Å²) >= 11 is 0. The van der Waals surface area contributed by atoms with Gasteiger partial charge in [-0.15, -0.1) is 0 Å². The maximum atomic E-state index is 13.4. The van der Waals surface area contributed by atoms with Crippen LogP contribution in [0.2, 0.25) is 0 Å². The molecule has 1 fully saturated rings. The zero-order valence-corrected chi connectivity index (χ0v) is 19.7. The summed E-state index contributed by atoms with van der Waals surface area (Å²) in [5.74, 6) is 0.0892. The minimum Gasteiger partial charge on any atom is -0.354 e. The summed E-state index contributed by atoms with van der Waals surface area (Å²) in [4.78, 5) is 11.5. The van der Waals surface area contributed by atoms with E-state index in [0.717, 1.165) is 56.0 Å². The third-order valence-electron chi connectivity index (χ3n) is 6.27. The molecule has 2 heterocycles. The lowest BCUT2D eigenvalue weighted by Crippen LogP contribution is -2.38. The molecule has 2 N–H and O–H groups in total. The molecule has 1 atom stereocenters. The number of anilines is 1. The summed E-state index contributed by atoms with van der Waals surface area (Å²) < 4.78 is 26.8. The summed E-state index contributed by atoms with van der Waals surface area (Å²) in [7, 11) is 0. The van der Waals surface area contributed by atoms with Gasteiger partial charge in [0.1, 0.15) is 11.6 Å². The lowest BCUT2D eigenvalue weighted by molar-refractivity contribution is 0.210. The quantitative estimate of drug-likeness (QED) is 0.446. The average Bonchev–Trinajstić information content (AvgIpc) is 2.84. The fraction of sp³-hybridized carbons (Fsp3) is 0.407. The first-order chi connectivity index (χ1) is 16.6. The van der Waals surface area contributed by atoms with Crippen LogP contribution in [0.1, 0.15) is 30.9 Å². The minimum absolute atomic E-state index is 0.473.